The molecule has 4 nitrogen and oxygen atoms in total. The van der Waals surface area contributed by atoms with Gasteiger partial charge in [0.05, 0.1) is 18.9 Å². The van der Waals surface area contributed by atoms with Gasteiger partial charge in [0, 0.05) is 18.3 Å². The van der Waals surface area contributed by atoms with Crippen molar-refractivity contribution in [3.8, 4) is 5.75 Å². The van der Waals surface area contributed by atoms with Crippen LogP contribution in [0.2, 0.25) is 0 Å². The van der Waals surface area contributed by atoms with Crippen molar-refractivity contribution in [3.05, 3.63) is 47.3 Å². The van der Waals surface area contributed by atoms with Crippen LogP contribution in [-0.2, 0) is 6.54 Å². The molecular weight excluding hydrogens is 240 g/mol. The molecule has 1 heterocycles. The highest BCUT2D eigenvalue weighted by Crippen LogP contribution is 2.20. The standard InChI is InChI=1S/C15H18N2O2/c1-4-7-17-10-13(9-16-17)15(18)12-5-6-14(19-3)11(2)8-12/h5-6,8-10H,4,7H2,1-3H3. The van der Waals surface area contributed by atoms with Gasteiger partial charge in [0.15, 0.2) is 5.78 Å². The van der Waals surface area contributed by atoms with Crippen molar-refractivity contribution in [3.63, 3.8) is 0 Å². The molecule has 0 radical (unpaired) electrons. The number of benzene rings is 1. The summed E-state index contributed by atoms with van der Waals surface area (Å²) in [5, 5.41) is 4.18. The van der Waals surface area contributed by atoms with Crippen LogP contribution in [0.1, 0.15) is 34.8 Å². The number of ketones is 1. The van der Waals surface area contributed by atoms with E-state index >= 15 is 0 Å². The van der Waals surface area contributed by atoms with E-state index in [4.69, 9.17) is 4.74 Å². The van der Waals surface area contributed by atoms with E-state index in [9.17, 15) is 4.79 Å². The summed E-state index contributed by atoms with van der Waals surface area (Å²) in [6, 6.07) is 5.45. The largest absolute Gasteiger partial charge is 0.496 e. The molecule has 4 heteroatoms. The first-order chi connectivity index (χ1) is 9.15. The smallest absolute Gasteiger partial charge is 0.196 e. The Labute approximate surface area is 113 Å². The van der Waals surface area contributed by atoms with Gasteiger partial charge in [-0.2, -0.15) is 5.10 Å². The normalized spacial score (nSPS) is 10.5. The number of aromatic nitrogens is 2. The van der Waals surface area contributed by atoms with E-state index in [0.717, 1.165) is 24.3 Å². The zero-order chi connectivity index (χ0) is 13.8. The van der Waals surface area contributed by atoms with Gasteiger partial charge in [-0.25, -0.2) is 0 Å². The van der Waals surface area contributed by atoms with Crippen LogP contribution in [0.4, 0.5) is 0 Å². The van der Waals surface area contributed by atoms with Gasteiger partial charge < -0.3 is 4.74 Å². The second-order valence-corrected chi connectivity index (χ2v) is 4.51. The Hall–Kier alpha value is -2.10. The Morgan fingerprint density at radius 2 is 2.16 bits per heavy atom. The van der Waals surface area contributed by atoms with Crippen LogP contribution >= 0.6 is 0 Å². The fourth-order valence-electron chi connectivity index (χ4n) is 2.02. The number of nitrogens with zero attached hydrogens (tertiary/aromatic N) is 2. The molecule has 0 saturated carbocycles. The number of aryl methyl sites for hydroxylation is 2. The molecule has 0 amide bonds. The third-order valence-electron chi connectivity index (χ3n) is 3.01. The highest BCUT2D eigenvalue weighted by atomic mass is 16.5. The third kappa shape index (κ3) is 2.84. The van der Waals surface area contributed by atoms with E-state index in [1.807, 2.05) is 19.1 Å². The number of hydrogen-bond acceptors (Lipinski definition) is 3. The van der Waals surface area contributed by atoms with Crippen molar-refractivity contribution in [2.75, 3.05) is 7.11 Å². The summed E-state index contributed by atoms with van der Waals surface area (Å²) in [5.74, 6) is 0.784. The van der Waals surface area contributed by atoms with E-state index in [1.54, 1.807) is 30.3 Å². The molecule has 1 aromatic heterocycles. The molecule has 0 spiro atoms. The second kappa shape index (κ2) is 5.69. The summed E-state index contributed by atoms with van der Waals surface area (Å²) in [5.41, 5.74) is 2.24. The molecule has 0 bridgehead atoms. The molecule has 0 fully saturated rings. The monoisotopic (exact) mass is 258 g/mol. The average molecular weight is 258 g/mol. The van der Waals surface area contributed by atoms with E-state index in [-0.39, 0.29) is 5.78 Å². The fraction of sp³-hybridized carbons (Fsp3) is 0.333. The lowest BCUT2D eigenvalue weighted by molar-refractivity contribution is 0.103. The summed E-state index contributed by atoms with van der Waals surface area (Å²) >= 11 is 0. The lowest BCUT2D eigenvalue weighted by Gasteiger charge is -2.05. The summed E-state index contributed by atoms with van der Waals surface area (Å²) < 4.78 is 6.99. The first kappa shape index (κ1) is 13.3. The van der Waals surface area contributed by atoms with Gasteiger partial charge in [0.2, 0.25) is 0 Å². The Balaban J connectivity index is 2.25. The number of methoxy groups -OCH3 is 1. The summed E-state index contributed by atoms with van der Waals surface area (Å²) in [4.78, 5) is 12.3. The van der Waals surface area contributed by atoms with E-state index in [0.29, 0.717) is 11.1 Å². The zero-order valence-corrected chi connectivity index (χ0v) is 11.5. The fourth-order valence-corrected chi connectivity index (χ4v) is 2.02. The Bertz CT molecular complexity index is 588. The predicted molar refractivity (Wildman–Crippen MR) is 73.7 cm³/mol. The highest BCUT2D eigenvalue weighted by molar-refractivity contribution is 6.08. The van der Waals surface area contributed by atoms with Crippen molar-refractivity contribution in [2.45, 2.75) is 26.8 Å². The molecule has 0 aliphatic carbocycles. The van der Waals surface area contributed by atoms with Crippen molar-refractivity contribution in [2.24, 2.45) is 0 Å². The maximum Gasteiger partial charge on any atom is 0.196 e. The molecule has 0 saturated heterocycles. The summed E-state index contributed by atoms with van der Waals surface area (Å²) in [6.45, 7) is 4.83. The van der Waals surface area contributed by atoms with Gasteiger partial charge >= 0.3 is 0 Å². The lowest BCUT2D eigenvalue weighted by atomic mass is 10.0. The Morgan fingerprint density at radius 1 is 1.37 bits per heavy atom. The summed E-state index contributed by atoms with van der Waals surface area (Å²) in [6.07, 6.45) is 4.42. The molecule has 0 aliphatic rings. The number of rotatable bonds is 5. The van der Waals surface area contributed by atoms with Crippen LogP contribution in [-0.4, -0.2) is 22.7 Å². The molecule has 100 valence electrons. The van der Waals surface area contributed by atoms with Gasteiger partial charge in [0.1, 0.15) is 5.75 Å². The Kier molecular flexibility index (Phi) is 4.00. The van der Waals surface area contributed by atoms with Crippen LogP contribution in [0.3, 0.4) is 0 Å². The highest BCUT2D eigenvalue weighted by Gasteiger charge is 2.12. The molecule has 0 N–H and O–H groups in total. The molecule has 0 atom stereocenters. The number of carbonyl (C=O) groups is 1. The number of ether oxygens (including phenoxy) is 1. The van der Waals surface area contributed by atoms with Crippen molar-refractivity contribution < 1.29 is 9.53 Å². The minimum absolute atomic E-state index is 0.00638. The molecule has 2 aromatic rings. The van der Waals surface area contributed by atoms with Crippen LogP contribution < -0.4 is 4.74 Å². The first-order valence-electron chi connectivity index (χ1n) is 6.37. The van der Waals surface area contributed by atoms with Crippen molar-refractivity contribution >= 4 is 5.78 Å². The van der Waals surface area contributed by atoms with Gasteiger partial charge in [-0.1, -0.05) is 6.92 Å². The van der Waals surface area contributed by atoms with Crippen LogP contribution in [0.25, 0.3) is 0 Å². The van der Waals surface area contributed by atoms with Gasteiger partial charge in [-0.3, -0.25) is 9.48 Å². The van der Waals surface area contributed by atoms with E-state index in [1.165, 1.54) is 0 Å². The van der Waals surface area contributed by atoms with Crippen LogP contribution in [0, 0.1) is 6.92 Å². The first-order valence-corrected chi connectivity index (χ1v) is 6.37. The quantitative estimate of drug-likeness (QED) is 0.775. The van der Waals surface area contributed by atoms with Crippen LogP contribution in [0.15, 0.2) is 30.6 Å². The van der Waals surface area contributed by atoms with Gasteiger partial charge in [-0.05, 0) is 37.1 Å². The number of hydrogen-bond donors (Lipinski definition) is 0. The maximum atomic E-state index is 12.3. The average Bonchev–Trinajstić information content (AvgIpc) is 2.87. The third-order valence-corrected chi connectivity index (χ3v) is 3.01. The molecule has 19 heavy (non-hydrogen) atoms. The predicted octanol–water partition coefficient (Wildman–Crippen LogP) is 2.84. The minimum Gasteiger partial charge on any atom is -0.496 e. The van der Waals surface area contributed by atoms with Crippen LogP contribution in [0.5, 0.6) is 5.75 Å². The Morgan fingerprint density at radius 3 is 2.79 bits per heavy atom. The number of carbonyl (C=O) groups excluding carboxylic acids is 1. The van der Waals surface area contributed by atoms with Gasteiger partial charge in [-0.15, -0.1) is 0 Å². The minimum atomic E-state index is -0.00638. The molecule has 0 aliphatic heterocycles. The lowest BCUT2D eigenvalue weighted by Crippen LogP contribution is -2.01. The summed E-state index contributed by atoms with van der Waals surface area (Å²) in [7, 11) is 1.62. The topological polar surface area (TPSA) is 44.1 Å². The van der Waals surface area contributed by atoms with Crippen molar-refractivity contribution in [1.82, 2.24) is 9.78 Å². The second-order valence-electron chi connectivity index (χ2n) is 4.51. The molecular formula is C15H18N2O2. The van der Waals surface area contributed by atoms with Crippen molar-refractivity contribution in [1.29, 1.82) is 0 Å². The SMILES string of the molecule is CCCn1cc(C(=O)c2ccc(OC)c(C)c2)cn1. The molecule has 0 unspecified atom stereocenters. The molecule has 2 rings (SSSR count). The molecule has 1 aromatic carbocycles. The van der Waals surface area contributed by atoms with E-state index in [2.05, 4.69) is 12.0 Å². The zero-order valence-electron chi connectivity index (χ0n) is 11.5. The van der Waals surface area contributed by atoms with E-state index < -0.39 is 0 Å². The van der Waals surface area contributed by atoms with Gasteiger partial charge in [0.25, 0.3) is 0 Å². The maximum absolute atomic E-state index is 12.3.